The molecule has 1 atom stereocenters. The SMILES string of the molecule is CCCNC(=O)[C@H](CC)N(Cc1ccc(C)cc1)C(=O)CSCc1ccc(Br)cc1. The highest BCUT2D eigenvalue weighted by Crippen LogP contribution is 2.19. The lowest BCUT2D eigenvalue weighted by Gasteiger charge is -2.30. The number of thioether (sulfide) groups is 1. The predicted molar refractivity (Wildman–Crippen MR) is 129 cm³/mol. The summed E-state index contributed by atoms with van der Waals surface area (Å²) in [6, 6.07) is 15.8. The van der Waals surface area contributed by atoms with Crippen molar-refractivity contribution >= 4 is 39.5 Å². The van der Waals surface area contributed by atoms with E-state index in [1.54, 1.807) is 16.7 Å². The van der Waals surface area contributed by atoms with Gasteiger partial charge >= 0.3 is 0 Å². The van der Waals surface area contributed by atoms with Gasteiger partial charge in [-0.2, -0.15) is 0 Å². The Morgan fingerprint density at radius 1 is 1.03 bits per heavy atom. The molecule has 0 radical (unpaired) electrons. The number of hydrogen-bond donors (Lipinski definition) is 1. The summed E-state index contributed by atoms with van der Waals surface area (Å²) in [7, 11) is 0. The molecule has 0 aliphatic rings. The predicted octanol–water partition coefficient (Wildman–Crippen LogP) is 5.32. The van der Waals surface area contributed by atoms with Crippen LogP contribution in [0.5, 0.6) is 0 Å². The first-order valence-electron chi connectivity index (χ1n) is 10.4. The zero-order chi connectivity index (χ0) is 21.9. The maximum Gasteiger partial charge on any atom is 0.242 e. The van der Waals surface area contributed by atoms with Crippen molar-refractivity contribution in [1.82, 2.24) is 10.2 Å². The van der Waals surface area contributed by atoms with Gasteiger partial charge in [0.1, 0.15) is 6.04 Å². The first-order valence-corrected chi connectivity index (χ1v) is 12.3. The summed E-state index contributed by atoms with van der Waals surface area (Å²) in [6.07, 6.45) is 1.46. The Balaban J connectivity index is 2.09. The molecular formula is C24H31BrN2O2S. The third-order valence-electron chi connectivity index (χ3n) is 4.82. The lowest BCUT2D eigenvalue weighted by atomic mass is 10.1. The van der Waals surface area contributed by atoms with Crippen molar-refractivity contribution in [2.24, 2.45) is 0 Å². The van der Waals surface area contributed by atoms with Crippen LogP contribution in [0.4, 0.5) is 0 Å². The molecule has 0 bridgehead atoms. The van der Waals surface area contributed by atoms with Gasteiger partial charge in [0.15, 0.2) is 0 Å². The van der Waals surface area contributed by atoms with Gasteiger partial charge in [-0.25, -0.2) is 0 Å². The van der Waals surface area contributed by atoms with Gasteiger partial charge in [-0.3, -0.25) is 9.59 Å². The smallest absolute Gasteiger partial charge is 0.242 e. The fourth-order valence-electron chi connectivity index (χ4n) is 3.10. The molecule has 6 heteroatoms. The number of aryl methyl sites for hydroxylation is 1. The summed E-state index contributed by atoms with van der Waals surface area (Å²) in [5.41, 5.74) is 3.39. The highest BCUT2D eigenvalue weighted by molar-refractivity contribution is 9.10. The number of halogens is 1. The van der Waals surface area contributed by atoms with E-state index in [0.29, 0.717) is 25.3 Å². The van der Waals surface area contributed by atoms with Crippen molar-refractivity contribution in [1.29, 1.82) is 0 Å². The molecule has 0 saturated heterocycles. The number of rotatable bonds is 11. The van der Waals surface area contributed by atoms with Gasteiger partial charge in [0.25, 0.3) is 0 Å². The first-order chi connectivity index (χ1) is 14.4. The second-order valence-electron chi connectivity index (χ2n) is 7.34. The third-order valence-corrected chi connectivity index (χ3v) is 6.33. The maximum absolute atomic E-state index is 13.2. The molecule has 2 aromatic carbocycles. The molecule has 2 aromatic rings. The lowest BCUT2D eigenvalue weighted by Crippen LogP contribution is -2.49. The van der Waals surface area contributed by atoms with Gasteiger partial charge in [0.2, 0.25) is 11.8 Å². The Bertz CT molecular complexity index is 809. The van der Waals surface area contributed by atoms with Crippen LogP contribution >= 0.6 is 27.7 Å². The molecule has 0 fully saturated rings. The van der Waals surface area contributed by atoms with Gasteiger partial charge in [-0.05, 0) is 43.0 Å². The van der Waals surface area contributed by atoms with Crippen LogP contribution in [0, 0.1) is 6.92 Å². The second-order valence-corrected chi connectivity index (χ2v) is 9.24. The van der Waals surface area contributed by atoms with Crippen LogP contribution in [0.2, 0.25) is 0 Å². The topological polar surface area (TPSA) is 49.4 Å². The number of nitrogens with one attached hydrogen (secondary N) is 1. The van der Waals surface area contributed by atoms with Crippen LogP contribution in [0.3, 0.4) is 0 Å². The Labute approximate surface area is 192 Å². The van der Waals surface area contributed by atoms with E-state index in [1.165, 1.54) is 11.1 Å². The van der Waals surface area contributed by atoms with E-state index in [0.717, 1.165) is 22.2 Å². The van der Waals surface area contributed by atoms with E-state index in [9.17, 15) is 9.59 Å². The molecule has 0 unspecified atom stereocenters. The van der Waals surface area contributed by atoms with Crippen molar-refractivity contribution in [3.8, 4) is 0 Å². The lowest BCUT2D eigenvalue weighted by molar-refractivity contribution is -0.139. The van der Waals surface area contributed by atoms with E-state index >= 15 is 0 Å². The monoisotopic (exact) mass is 490 g/mol. The van der Waals surface area contributed by atoms with Gasteiger partial charge in [0.05, 0.1) is 5.75 Å². The summed E-state index contributed by atoms with van der Waals surface area (Å²) in [5.74, 6) is 1.03. The summed E-state index contributed by atoms with van der Waals surface area (Å²) in [6.45, 7) is 7.09. The van der Waals surface area contributed by atoms with Crippen LogP contribution in [0.25, 0.3) is 0 Å². The average molecular weight is 491 g/mol. The Morgan fingerprint density at radius 2 is 1.67 bits per heavy atom. The Hall–Kier alpha value is -1.79. The average Bonchev–Trinajstić information content (AvgIpc) is 2.74. The molecule has 1 N–H and O–H groups in total. The zero-order valence-electron chi connectivity index (χ0n) is 18.0. The van der Waals surface area contributed by atoms with E-state index in [-0.39, 0.29) is 11.8 Å². The molecular weight excluding hydrogens is 460 g/mol. The maximum atomic E-state index is 13.2. The van der Waals surface area contributed by atoms with Crippen LogP contribution < -0.4 is 5.32 Å². The van der Waals surface area contributed by atoms with Gasteiger partial charge in [-0.1, -0.05) is 71.7 Å². The molecule has 0 aromatic heterocycles. The van der Waals surface area contributed by atoms with E-state index in [1.807, 2.05) is 57.2 Å². The summed E-state index contributed by atoms with van der Waals surface area (Å²) < 4.78 is 1.04. The third kappa shape index (κ3) is 7.80. The van der Waals surface area contributed by atoms with Crippen molar-refractivity contribution in [3.63, 3.8) is 0 Å². The molecule has 2 rings (SSSR count). The van der Waals surface area contributed by atoms with Crippen LogP contribution in [0.1, 0.15) is 43.4 Å². The molecule has 4 nitrogen and oxygen atoms in total. The molecule has 0 heterocycles. The molecule has 0 aliphatic carbocycles. The number of carbonyl (C=O) groups excluding carboxylic acids is 2. The highest BCUT2D eigenvalue weighted by atomic mass is 79.9. The number of nitrogens with zero attached hydrogens (tertiary/aromatic N) is 1. The van der Waals surface area contributed by atoms with Crippen LogP contribution in [-0.4, -0.2) is 35.1 Å². The molecule has 162 valence electrons. The molecule has 0 saturated carbocycles. The summed E-state index contributed by atoms with van der Waals surface area (Å²) >= 11 is 5.02. The van der Waals surface area contributed by atoms with Crippen molar-refractivity contribution < 1.29 is 9.59 Å². The summed E-state index contributed by atoms with van der Waals surface area (Å²) in [4.78, 5) is 27.6. The van der Waals surface area contributed by atoms with Crippen LogP contribution in [0.15, 0.2) is 53.0 Å². The quantitative estimate of drug-likeness (QED) is 0.463. The molecule has 0 aliphatic heterocycles. The molecule has 2 amide bonds. The standard InChI is InChI=1S/C24H31BrN2O2S/c1-4-14-26-24(29)22(5-2)27(15-19-8-6-18(3)7-9-19)23(28)17-30-16-20-10-12-21(25)13-11-20/h6-13,22H,4-5,14-17H2,1-3H3,(H,26,29)/t22-/m0/s1. The fourth-order valence-corrected chi connectivity index (χ4v) is 4.23. The van der Waals surface area contributed by atoms with Gasteiger partial charge in [0, 0.05) is 23.3 Å². The largest absolute Gasteiger partial charge is 0.354 e. The second kappa shape index (κ2) is 12.8. The summed E-state index contributed by atoms with van der Waals surface area (Å²) in [5, 5.41) is 2.96. The van der Waals surface area contributed by atoms with E-state index in [2.05, 4.69) is 33.4 Å². The van der Waals surface area contributed by atoms with Crippen molar-refractivity contribution in [2.75, 3.05) is 12.3 Å². The molecule has 30 heavy (non-hydrogen) atoms. The minimum absolute atomic E-state index is 0.00353. The first kappa shape index (κ1) is 24.5. The number of hydrogen-bond acceptors (Lipinski definition) is 3. The van der Waals surface area contributed by atoms with Crippen LogP contribution in [-0.2, 0) is 21.9 Å². The van der Waals surface area contributed by atoms with Gasteiger partial charge < -0.3 is 10.2 Å². The normalized spacial score (nSPS) is 11.7. The van der Waals surface area contributed by atoms with Crippen molar-refractivity contribution in [3.05, 3.63) is 69.7 Å². The number of amides is 2. The minimum atomic E-state index is -0.460. The fraction of sp³-hybridized carbons (Fsp3) is 0.417. The van der Waals surface area contributed by atoms with E-state index < -0.39 is 6.04 Å². The number of benzene rings is 2. The Kier molecular flexibility index (Phi) is 10.4. The van der Waals surface area contributed by atoms with Crippen molar-refractivity contribution in [2.45, 2.75) is 52.0 Å². The molecule has 0 spiro atoms. The van der Waals surface area contributed by atoms with Gasteiger partial charge in [-0.15, -0.1) is 11.8 Å². The highest BCUT2D eigenvalue weighted by Gasteiger charge is 2.28. The zero-order valence-corrected chi connectivity index (χ0v) is 20.4. The Morgan fingerprint density at radius 3 is 2.27 bits per heavy atom. The number of carbonyl (C=O) groups is 2. The minimum Gasteiger partial charge on any atom is -0.354 e. The van der Waals surface area contributed by atoms with E-state index in [4.69, 9.17) is 0 Å².